The summed E-state index contributed by atoms with van der Waals surface area (Å²) in [4.78, 5) is 13.9. The molecular formula is C18H24BNO4. The van der Waals surface area contributed by atoms with E-state index in [0.29, 0.717) is 13.1 Å². The van der Waals surface area contributed by atoms with Crippen molar-refractivity contribution in [1.29, 1.82) is 0 Å². The van der Waals surface area contributed by atoms with E-state index in [1.165, 1.54) is 0 Å². The first-order valence-electron chi connectivity index (χ1n) is 8.29. The van der Waals surface area contributed by atoms with Crippen LogP contribution in [-0.4, -0.2) is 42.4 Å². The molecule has 0 radical (unpaired) electrons. The van der Waals surface area contributed by atoms with Crippen LogP contribution in [0.25, 0.3) is 0 Å². The molecule has 0 bridgehead atoms. The van der Waals surface area contributed by atoms with Crippen molar-refractivity contribution in [2.45, 2.75) is 45.5 Å². The van der Waals surface area contributed by atoms with E-state index in [1.807, 2.05) is 64.1 Å². The molecule has 2 aliphatic rings. The zero-order valence-corrected chi connectivity index (χ0v) is 14.7. The molecule has 3 rings (SSSR count). The molecule has 1 fully saturated rings. The molecule has 6 heteroatoms. The predicted octanol–water partition coefficient (Wildman–Crippen LogP) is 3.20. The molecule has 1 amide bonds. The number of benzene rings is 1. The minimum atomic E-state index is -0.401. The largest absolute Gasteiger partial charge is 0.492 e. The standard InChI is InChI=1S/C18H24BNO4/c1-17(2)18(3,4)24-19(23-17)15-10-11-20(12-15)16(21)22-13-14-8-6-5-7-9-14/h5-10H,11-13H2,1-4H3. The van der Waals surface area contributed by atoms with E-state index >= 15 is 0 Å². The Labute approximate surface area is 143 Å². The molecule has 1 aromatic carbocycles. The zero-order valence-electron chi connectivity index (χ0n) is 14.7. The first-order chi connectivity index (χ1) is 11.3. The summed E-state index contributed by atoms with van der Waals surface area (Å²) >= 11 is 0. The van der Waals surface area contributed by atoms with Gasteiger partial charge in [-0.15, -0.1) is 0 Å². The van der Waals surface area contributed by atoms with Crippen LogP contribution in [0.1, 0.15) is 33.3 Å². The van der Waals surface area contributed by atoms with Gasteiger partial charge in [-0.25, -0.2) is 4.79 Å². The van der Waals surface area contributed by atoms with Crippen molar-refractivity contribution in [3.8, 4) is 0 Å². The third kappa shape index (κ3) is 3.35. The second-order valence-corrected chi connectivity index (χ2v) is 7.29. The van der Waals surface area contributed by atoms with Gasteiger partial charge in [0.15, 0.2) is 0 Å². The Morgan fingerprint density at radius 1 is 1.17 bits per heavy atom. The summed E-state index contributed by atoms with van der Waals surface area (Å²) < 4.78 is 17.4. The number of amides is 1. The number of hydrogen-bond donors (Lipinski definition) is 0. The SMILES string of the molecule is CC1(C)OB(C2=CCN(C(=O)OCc3ccccc3)C2)OC1(C)C. The van der Waals surface area contributed by atoms with Gasteiger partial charge < -0.3 is 18.9 Å². The number of carbonyl (C=O) groups excluding carboxylic acids is 1. The maximum Gasteiger partial charge on any atom is 0.492 e. The highest BCUT2D eigenvalue weighted by Gasteiger charge is 2.53. The number of ether oxygens (including phenoxy) is 1. The molecule has 0 unspecified atom stereocenters. The Bertz CT molecular complexity index is 626. The summed E-state index contributed by atoms with van der Waals surface area (Å²) in [5.41, 5.74) is 1.20. The molecule has 0 atom stereocenters. The fourth-order valence-corrected chi connectivity index (χ4v) is 2.69. The van der Waals surface area contributed by atoms with Crippen LogP contribution < -0.4 is 0 Å². The summed E-state index contributed by atoms with van der Waals surface area (Å²) in [6, 6.07) is 9.66. The van der Waals surface area contributed by atoms with Crippen LogP contribution in [-0.2, 0) is 20.7 Å². The molecule has 128 valence electrons. The lowest BCUT2D eigenvalue weighted by Crippen LogP contribution is -2.41. The first-order valence-corrected chi connectivity index (χ1v) is 8.29. The maximum absolute atomic E-state index is 12.2. The maximum atomic E-state index is 12.2. The van der Waals surface area contributed by atoms with Crippen molar-refractivity contribution in [2.24, 2.45) is 0 Å². The van der Waals surface area contributed by atoms with E-state index in [2.05, 4.69) is 0 Å². The Balaban J connectivity index is 1.53. The molecular weight excluding hydrogens is 305 g/mol. The van der Waals surface area contributed by atoms with Crippen molar-refractivity contribution in [1.82, 2.24) is 4.90 Å². The van der Waals surface area contributed by atoms with Crippen LogP contribution in [0.4, 0.5) is 4.79 Å². The monoisotopic (exact) mass is 329 g/mol. The molecule has 0 saturated carbocycles. The van der Waals surface area contributed by atoms with Crippen LogP contribution in [0.5, 0.6) is 0 Å². The van der Waals surface area contributed by atoms with Crippen molar-refractivity contribution >= 4 is 13.2 Å². The van der Waals surface area contributed by atoms with E-state index in [4.69, 9.17) is 14.0 Å². The second-order valence-electron chi connectivity index (χ2n) is 7.29. The van der Waals surface area contributed by atoms with Crippen LogP contribution >= 0.6 is 0 Å². The minimum Gasteiger partial charge on any atom is -0.445 e. The lowest BCUT2D eigenvalue weighted by Gasteiger charge is -2.32. The van der Waals surface area contributed by atoms with E-state index in [-0.39, 0.29) is 23.9 Å². The fourth-order valence-electron chi connectivity index (χ4n) is 2.69. The van der Waals surface area contributed by atoms with Crippen LogP contribution in [0, 0.1) is 0 Å². The second kappa shape index (κ2) is 6.26. The van der Waals surface area contributed by atoms with Crippen LogP contribution in [0.2, 0.25) is 0 Å². The molecule has 0 N–H and O–H groups in total. The van der Waals surface area contributed by atoms with E-state index < -0.39 is 7.12 Å². The van der Waals surface area contributed by atoms with E-state index in [9.17, 15) is 4.79 Å². The van der Waals surface area contributed by atoms with Gasteiger partial charge >= 0.3 is 13.2 Å². The third-order valence-electron chi connectivity index (χ3n) is 4.97. The molecule has 1 aromatic rings. The quantitative estimate of drug-likeness (QED) is 0.799. The number of nitrogens with zero attached hydrogens (tertiary/aromatic N) is 1. The van der Waals surface area contributed by atoms with Gasteiger partial charge in [-0.1, -0.05) is 36.4 Å². The van der Waals surface area contributed by atoms with E-state index in [1.54, 1.807) is 4.90 Å². The van der Waals surface area contributed by atoms with Crippen LogP contribution in [0.3, 0.4) is 0 Å². The summed E-state index contributed by atoms with van der Waals surface area (Å²) in [7, 11) is -0.401. The molecule has 24 heavy (non-hydrogen) atoms. The highest BCUT2D eigenvalue weighted by atomic mass is 16.7. The van der Waals surface area contributed by atoms with Crippen molar-refractivity contribution in [2.75, 3.05) is 13.1 Å². The van der Waals surface area contributed by atoms with Crippen molar-refractivity contribution in [3.63, 3.8) is 0 Å². The third-order valence-corrected chi connectivity index (χ3v) is 4.97. The van der Waals surface area contributed by atoms with Gasteiger partial charge in [0.25, 0.3) is 0 Å². The van der Waals surface area contributed by atoms with Gasteiger partial charge in [0.1, 0.15) is 6.61 Å². The van der Waals surface area contributed by atoms with Gasteiger partial charge in [-0.2, -0.15) is 0 Å². The van der Waals surface area contributed by atoms with Crippen LogP contribution in [0.15, 0.2) is 41.9 Å². The Kier molecular flexibility index (Phi) is 4.45. The van der Waals surface area contributed by atoms with Gasteiger partial charge in [0.05, 0.1) is 11.2 Å². The number of rotatable bonds is 3. The van der Waals surface area contributed by atoms with Gasteiger partial charge in [0.2, 0.25) is 0 Å². The molecule has 1 saturated heterocycles. The lowest BCUT2D eigenvalue weighted by atomic mass is 9.79. The minimum absolute atomic E-state index is 0.280. The fraction of sp³-hybridized carbons (Fsp3) is 0.500. The van der Waals surface area contributed by atoms with Gasteiger partial charge in [-0.3, -0.25) is 0 Å². The molecule has 0 aliphatic carbocycles. The number of carbonyl (C=O) groups is 1. The normalized spacial score (nSPS) is 21.8. The zero-order chi connectivity index (χ0) is 17.4. The number of hydrogen-bond acceptors (Lipinski definition) is 4. The average Bonchev–Trinajstić information content (AvgIpc) is 3.09. The molecule has 0 spiro atoms. The summed E-state index contributed by atoms with van der Waals surface area (Å²) in [5, 5.41) is 0. The lowest BCUT2D eigenvalue weighted by molar-refractivity contribution is 0.00578. The molecule has 0 aromatic heterocycles. The Morgan fingerprint density at radius 3 is 2.42 bits per heavy atom. The van der Waals surface area contributed by atoms with Gasteiger partial charge in [0, 0.05) is 13.1 Å². The molecule has 2 aliphatic heterocycles. The molecule has 2 heterocycles. The predicted molar refractivity (Wildman–Crippen MR) is 92.4 cm³/mol. The summed E-state index contributed by atoms with van der Waals surface area (Å²) in [6.07, 6.45) is 1.67. The topological polar surface area (TPSA) is 48.0 Å². The first kappa shape index (κ1) is 17.1. The molecule has 5 nitrogen and oxygen atoms in total. The highest BCUT2D eigenvalue weighted by Crippen LogP contribution is 2.39. The smallest absolute Gasteiger partial charge is 0.445 e. The summed E-state index contributed by atoms with van der Waals surface area (Å²) in [5.74, 6) is 0. The van der Waals surface area contributed by atoms with Gasteiger partial charge in [-0.05, 0) is 38.7 Å². The highest BCUT2D eigenvalue weighted by molar-refractivity contribution is 6.55. The van der Waals surface area contributed by atoms with E-state index in [0.717, 1.165) is 11.0 Å². The van der Waals surface area contributed by atoms with Crippen molar-refractivity contribution in [3.05, 3.63) is 47.4 Å². The average molecular weight is 329 g/mol. The Morgan fingerprint density at radius 2 is 1.79 bits per heavy atom. The Hall–Kier alpha value is -1.79. The van der Waals surface area contributed by atoms with Crippen molar-refractivity contribution < 1.29 is 18.8 Å². The summed E-state index contributed by atoms with van der Waals surface area (Å²) in [6.45, 7) is 9.37.